The van der Waals surface area contributed by atoms with E-state index in [1.807, 2.05) is 0 Å². The van der Waals surface area contributed by atoms with Crippen LogP contribution in [0.1, 0.15) is 38.5 Å². The summed E-state index contributed by atoms with van der Waals surface area (Å²) in [6.07, 6.45) is 8.28. The monoisotopic (exact) mass is 274 g/mol. The predicted octanol–water partition coefficient (Wildman–Crippen LogP) is 3.20. The number of nitrogens with one attached hydrogen (secondary N) is 1. The number of anilines is 1. The molecule has 1 aromatic rings. The second kappa shape index (κ2) is 6.98. The van der Waals surface area contributed by atoms with Crippen molar-refractivity contribution in [2.24, 2.45) is 0 Å². The van der Waals surface area contributed by atoms with E-state index in [0.29, 0.717) is 6.10 Å². The Morgan fingerprint density at radius 2 is 1.55 bits per heavy atom. The SMILES string of the molecule is c1cc(N2CCNCC2)ccc1OC1CCCCCC1. The van der Waals surface area contributed by atoms with Gasteiger partial charge in [0.15, 0.2) is 0 Å². The molecule has 2 aliphatic rings. The summed E-state index contributed by atoms with van der Waals surface area (Å²) in [7, 11) is 0. The van der Waals surface area contributed by atoms with Crippen LogP contribution >= 0.6 is 0 Å². The summed E-state index contributed by atoms with van der Waals surface area (Å²) in [4.78, 5) is 2.44. The fourth-order valence-corrected chi connectivity index (χ4v) is 3.21. The van der Waals surface area contributed by atoms with Crippen LogP contribution in [0.2, 0.25) is 0 Å². The van der Waals surface area contributed by atoms with Crippen LogP contribution in [0.5, 0.6) is 5.75 Å². The van der Waals surface area contributed by atoms with E-state index in [2.05, 4.69) is 34.5 Å². The van der Waals surface area contributed by atoms with Crippen LogP contribution in [-0.2, 0) is 0 Å². The van der Waals surface area contributed by atoms with Crippen molar-refractivity contribution in [3.8, 4) is 5.75 Å². The quantitative estimate of drug-likeness (QED) is 0.857. The Balaban J connectivity index is 1.57. The molecule has 0 unspecified atom stereocenters. The van der Waals surface area contributed by atoms with Gasteiger partial charge in [-0.2, -0.15) is 0 Å². The minimum absolute atomic E-state index is 0.433. The van der Waals surface area contributed by atoms with Crippen LogP contribution < -0.4 is 15.0 Å². The second-order valence-electron chi connectivity index (χ2n) is 5.96. The van der Waals surface area contributed by atoms with E-state index < -0.39 is 0 Å². The average Bonchev–Trinajstić information content (AvgIpc) is 2.78. The Hall–Kier alpha value is -1.22. The molecule has 0 amide bonds. The van der Waals surface area contributed by atoms with Gasteiger partial charge in [-0.25, -0.2) is 0 Å². The molecule has 0 spiro atoms. The summed E-state index contributed by atoms with van der Waals surface area (Å²) in [5.41, 5.74) is 1.32. The molecular formula is C17H26N2O. The lowest BCUT2D eigenvalue weighted by molar-refractivity contribution is 0.184. The molecule has 2 fully saturated rings. The first-order chi connectivity index (χ1) is 9.92. The number of rotatable bonds is 3. The van der Waals surface area contributed by atoms with Crippen molar-refractivity contribution in [2.75, 3.05) is 31.1 Å². The Bertz CT molecular complexity index is 390. The molecule has 0 atom stereocenters. The standard InChI is InChI=1S/C17H26N2O/c1-2-4-6-16(5-3-1)20-17-9-7-15(8-10-17)19-13-11-18-12-14-19/h7-10,16,18H,1-6,11-14H2. The van der Waals surface area contributed by atoms with Gasteiger partial charge in [0, 0.05) is 31.9 Å². The smallest absolute Gasteiger partial charge is 0.119 e. The Morgan fingerprint density at radius 1 is 0.900 bits per heavy atom. The highest BCUT2D eigenvalue weighted by Crippen LogP contribution is 2.25. The minimum Gasteiger partial charge on any atom is -0.490 e. The number of hydrogen-bond donors (Lipinski definition) is 1. The molecule has 1 aromatic carbocycles. The third kappa shape index (κ3) is 3.66. The van der Waals surface area contributed by atoms with Gasteiger partial charge < -0.3 is 15.0 Å². The van der Waals surface area contributed by atoms with Gasteiger partial charge in [-0.1, -0.05) is 12.8 Å². The maximum atomic E-state index is 6.15. The van der Waals surface area contributed by atoms with Crippen molar-refractivity contribution in [2.45, 2.75) is 44.6 Å². The third-order valence-corrected chi connectivity index (χ3v) is 4.42. The summed E-state index contributed by atoms with van der Waals surface area (Å²) in [6.45, 7) is 4.37. The fourth-order valence-electron chi connectivity index (χ4n) is 3.21. The van der Waals surface area contributed by atoms with E-state index in [1.165, 1.54) is 44.2 Å². The van der Waals surface area contributed by atoms with Crippen molar-refractivity contribution < 1.29 is 4.74 Å². The van der Waals surface area contributed by atoms with Gasteiger partial charge in [-0.15, -0.1) is 0 Å². The van der Waals surface area contributed by atoms with E-state index in [0.717, 1.165) is 31.9 Å². The molecule has 1 aliphatic carbocycles. The van der Waals surface area contributed by atoms with Crippen molar-refractivity contribution in [1.82, 2.24) is 5.32 Å². The van der Waals surface area contributed by atoms with E-state index >= 15 is 0 Å². The third-order valence-electron chi connectivity index (χ3n) is 4.42. The van der Waals surface area contributed by atoms with Crippen molar-refractivity contribution in [3.63, 3.8) is 0 Å². The zero-order valence-electron chi connectivity index (χ0n) is 12.3. The summed E-state index contributed by atoms with van der Waals surface area (Å²) in [5.74, 6) is 1.04. The van der Waals surface area contributed by atoms with Crippen molar-refractivity contribution >= 4 is 5.69 Å². The number of nitrogens with zero attached hydrogens (tertiary/aromatic N) is 1. The second-order valence-corrected chi connectivity index (χ2v) is 5.96. The molecular weight excluding hydrogens is 248 g/mol. The zero-order chi connectivity index (χ0) is 13.6. The molecule has 1 saturated carbocycles. The highest BCUT2D eigenvalue weighted by molar-refractivity contribution is 5.49. The lowest BCUT2D eigenvalue weighted by Crippen LogP contribution is -2.43. The van der Waals surface area contributed by atoms with Crippen LogP contribution in [0, 0.1) is 0 Å². The van der Waals surface area contributed by atoms with Gasteiger partial charge in [0.2, 0.25) is 0 Å². The summed E-state index contributed by atoms with van der Waals surface area (Å²) >= 11 is 0. The summed E-state index contributed by atoms with van der Waals surface area (Å²) < 4.78 is 6.15. The number of benzene rings is 1. The molecule has 20 heavy (non-hydrogen) atoms. The number of ether oxygens (including phenoxy) is 1. The summed E-state index contributed by atoms with van der Waals surface area (Å²) in [5, 5.41) is 3.39. The van der Waals surface area contributed by atoms with Gasteiger partial charge >= 0.3 is 0 Å². The highest BCUT2D eigenvalue weighted by Gasteiger charge is 2.14. The molecule has 3 nitrogen and oxygen atoms in total. The van der Waals surface area contributed by atoms with E-state index in [4.69, 9.17) is 4.74 Å². The largest absolute Gasteiger partial charge is 0.490 e. The Kier molecular flexibility index (Phi) is 4.80. The van der Waals surface area contributed by atoms with Gasteiger partial charge in [-0.3, -0.25) is 0 Å². The molecule has 0 radical (unpaired) electrons. The van der Waals surface area contributed by atoms with E-state index in [-0.39, 0.29) is 0 Å². The van der Waals surface area contributed by atoms with Crippen molar-refractivity contribution in [3.05, 3.63) is 24.3 Å². The van der Waals surface area contributed by atoms with Gasteiger partial charge in [0.05, 0.1) is 6.10 Å². The molecule has 1 heterocycles. The fraction of sp³-hybridized carbons (Fsp3) is 0.647. The van der Waals surface area contributed by atoms with E-state index in [9.17, 15) is 0 Å². The first-order valence-corrected chi connectivity index (χ1v) is 8.14. The topological polar surface area (TPSA) is 24.5 Å². The van der Waals surface area contributed by atoms with Gasteiger partial charge in [-0.05, 0) is 49.9 Å². The Morgan fingerprint density at radius 3 is 2.20 bits per heavy atom. The molecule has 3 rings (SSSR count). The maximum Gasteiger partial charge on any atom is 0.119 e. The summed E-state index contributed by atoms with van der Waals surface area (Å²) in [6, 6.07) is 8.69. The molecule has 1 saturated heterocycles. The van der Waals surface area contributed by atoms with E-state index in [1.54, 1.807) is 0 Å². The maximum absolute atomic E-state index is 6.15. The molecule has 3 heteroatoms. The first kappa shape index (κ1) is 13.7. The lowest BCUT2D eigenvalue weighted by Gasteiger charge is -2.29. The predicted molar refractivity (Wildman–Crippen MR) is 83.6 cm³/mol. The number of piperazine rings is 1. The molecule has 1 N–H and O–H groups in total. The van der Waals surface area contributed by atoms with Crippen LogP contribution in [0.3, 0.4) is 0 Å². The average molecular weight is 274 g/mol. The van der Waals surface area contributed by atoms with Crippen LogP contribution in [0.25, 0.3) is 0 Å². The number of hydrogen-bond acceptors (Lipinski definition) is 3. The zero-order valence-corrected chi connectivity index (χ0v) is 12.3. The molecule has 110 valence electrons. The normalized spacial score (nSPS) is 21.5. The highest BCUT2D eigenvalue weighted by atomic mass is 16.5. The molecule has 0 aromatic heterocycles. The van der Waals surface area contributed by atoms with Crippen LogP contribution in [0.15, 0.2) is 24.3 Å². The lowest BCUT2D eigenvalue weighted by atomic mass is 10.1. The van der Waals surface area contributed by atoms with Gasteiger partial charge in [0.1, 0.15) is 5.75 Å². The minimum atomic E-state index is 0.433. The first-order valence-electron chi connectivity index (χ1n) is 8.14. The Labute approximate surface area is 122 Å². The molecule has 0 bridgehead atoms. The van der Waals surface area contributed by atoms with Crippen LogP contribution in [0.4, 0.5) is 5.69 Å². The molecule has 1 aliphatic heterocycles. The van der Waals surface area contributed by atoms with Gasteiger partial charge in [0.25, 0.3) is 0 Å². The van der Waals surface area contributed by atoms with Crippen LogP contribution in [-0.4, -0.2) is 32.3 Å². The van der Waals surface area contributed by atoms with Crippen molar-refractivity contribution in [1.29, 1.82) is 0 Å².